The average molecular weight is 396 g/mol. The van der Waals surface area contributed by atoms with E-state index in [1.807, 2.05) is 0 Å². The Morgan fingerprint density at radius 3 is 2.17 bits per heavy atom. The maximum absolute atomic E-state index is 2.72. The molecular weight excluding hydrogens is 354 g/mol. The Kier molecular flexibility index (Phi) is 5.53. The largest absolute Gasteiger partial charge is 0.372 e. The first-order chi connectivity index (χ1) is 14.1. The van der Waals surface area contributed by atoms with Crippen molar-refractivity contribution in [2.24, 2.45) is 11.3 Å². The van der Waals surface area contributed by atoms with E-state index < -0.39 is 0 Å². The fraction of sp³-hybridized carbons (Fsp3) is 0.769. The summed E-state index contributed by atoms with van der Waals surface area (Å²) in [6, 6.07) is 7.51. The molecule has 4 aliphatic rings. The maximum Gasteiger partial charge on any atom is 0.0404 e. The van der Waals surface area contributed by atoms with Crippen LogP contribution in [-0.4, -0.2) is 50.7 Å². The van der Waals surface area contributed by atoms with E-state index in [0.29, 0.717) is 5.41 Å². The van der Waals surface area contributed by atoms with E-state index in [-0.39, 0.29) is 0 Å². The molecule has 5 rings (SSSR count). The van der Waals surface area contributed by atoms with Gasteiger partial charge in [-0.3, -0.25) is 4.90 Å². The smallest absolute Gasteiger partial charge is 0.0404 e. The molecule has 0 bridgehead atoms. The highest BCUT2D eigenvalue weighted by atomic mass is 15.3. The zero-order chi connectivity index (χ0) is 19.8. The van der Waals surface area contributed by atoms with Crippen molar-refractivity contribution in [1.29, 1.82) is 0 Å². The summed E-state index contributed by atoms with van der Waals surface area (Å²) >= 11 is 0. The Morgan fingerprint density at radius 1 is 0.828 bits per heavy atom. The van der Waals surface area contributed by atoms with Crippen LogP contribution in [0.15, 0.2) is 18.2 Å². The molecule has 3 nitrogen and oxygen atoms in total. The average Bonchev–Trinajstić information content (AvgIpc) is 3.37. The zero-order valence-corrected chi connectivity index (χ0v) is 18.8. The van der Waals surface area contributed by atoms with Gasteiger partial charge in [-0.25, -0.2) is 0 Å². The van der Waals surface area contributed by atoms with Crippen LogP contribution in [-0.2, 0) is 0 Å². The summed E-state index contributed by atoms with van der Waals surface area (Å²) in [5.74, 6) is 1.77. The molecule has 2 aliphatic heterocycles. The third-order valence-corrected chi connectivity index (χ3v) is 8.19. The summed E-state index contributed by atoms with van der Waals surface area (Å²) in [5, 5.41) is 0. The summed E-state index contributed by atoms with van der Waals surface area (Å²) in [4.78, 5) is 8.05. The Bertz CT molecular complexity index is 684. The molecule has 0 amide bonds. The van der Waals surface area contributed by atoms with Gasteiger partial charge in [0.2, 0.25) is 0 Å². The predicted octanol–water partition coefficient (Wildman–Crippen LogP) is 5.50. The van der Waals surface area contributed by atoms with Gasteiger partial charge in [-0.2, -0.15) is 0 Å². The minimum absolute atomic E-state index is 0.539. The van der Waals surface area contributed by atoms with E-state index in [2.05, 4.69) is 46.7 Å². The fourth-order valence-corrected chi connectivity index (χ4v) is 5.88. The molecule has 0 radical (unpaired) electrons. The van der Waals surface area contributed by atoms with Crippen LogP contribution in [0.1, 0.15) is 76.7 Å². The summed E-state index contributed by atoms with van der Waals surface area (Å²) in [7, 11) is 0. The SMILES string of the molecule is CC1(C)CCC(c2cc(N3CCCC3)ccc2N2CCN(CC3CC3)CC2)CC1. The second-order valence-corrected chi connectivity index (χ2v) is 11.1. The molecule has 2 aliphatic carbocycles. The highest BCUT2D eigenvalue weighted by Crippen LogP contribution is 2.46. The van der Waals surface area contributed by atoms with Crippen molar-refractivity contribution in [3.8, 4) is 0 Å². The molecule has 4 fully saturated rings. The van der Waals surface area contributed by atoms with Crippen molar-refractivity contribution in [3.63, 3.8) is 0 Å². The van der Waals surface area contributed by atoms with Crippen LogP contribution in [0.25, 0.3) is 0 Å². The molecule has 3 heteroatoms. The number of benzene rings is 1. The van der Waals surface area contributed by atoms with E-state index >= 15 is 0 Å². The molecule has 1 aromatic rings. The maximum atomic E-state index is 2.72. The number of nitrogens with zero attached hydrogens (tertiary/aromatic N) is 3. The Morgan fingerprint density at radius 2 is 1.52 bits per heavy atom. The Labute approximate surface area is 178 Å². The minimum atomic E-state index is 0.539. The molecule has 0 aromatic heterocycles. The first-order valence-electron chi connectivity index (χ1n) is 12.4. The summed E-state index contributed by atoms with van der Waals surface area (Å²) in [6.07, 6.45) is 11.1. The second kappa shape index (κ2) is 8.13. The van der Waals surface area contributed by atoms with Crippen molar-refractivity contribution in [2.45, 2.75) is 71.1 Å². The fourth-order valence-electron chi connectivity index (χ4n) is 5.88. The van der Waals surface area contributed by atoms with Gasteiger partial charge in [-0.1, -0.05) is 13.8 Å². The zero-order valence-electron chi connectivity index (χ0n) is 18.8. The van der Waals surface area contributed by atoms with Gasteiger partial charge in [-0.05, 0) is 92.4 Å². The molecule has 29 heavy (non-hydrogen) atoms. The monoisotopic (exact) mass is 395 g/mol. The van der Waals surface area contributed by atoms with Crippen LogP contribution >= 0.6 is 0 Å². The molecule has 0 unspecified atom stereocenters. The number of hydrogen-bond donors (Lipinski definition) is 0. The van der Waals surface area contributed by atoms with Gasteiger partial charge in [0.25, 0.3) is 0 Å². The van der Waals surface area contributed by atoms with Crippen molar-refractivity contribution >= 4 is 11.4 Å². The van der Waals surface area contributed by atoms with E-state index in [1.54, 1.807) is 11.3 Å². The lowest BCUT2D eigenvalue weighted by Gasteiger charge is -2.40. The first kappa shape index (κ1) is 19.7. The molecular formula is C26H41N3. The highest BCUT2D eigenvalue weighted by molar-refractivity contribution is 5.64. The molecule has 0 spiro atoms. The Hall–Kier alpha value is -1.22. The normalized spacial score (nSPS) is 26.3. The van der Waals surface area contributed by atoms with Gasteiger partial charge in [-0.15, -0.1) is 0 Å². The van der Waals surface area contributed by atoms with Crippen LogP contribution in [0.5, 0.6) is 0 Å². The summed E-state index contributed by atoms with van der Waals surface area (Å²) in [5.41, 5.74) is 5.25. The Balaban J connectivity index is 1.35. The van der Waals surface area contributed by atoms with Gasteiger partial charge in [0, 0.05) is 57.2 Å². The van der Waals surface area contributed by atoms with Crippen LogP contribution in [0.4, 0.5) is 11.4 Å². The van der Waals surface area contributed by atoms with Crippen LogP contribution in [0.2, 0.25) is 0 Å². The van der Waals surface area contributed by atoms with E-state index in [9.17, 15) is 0 Å². The molecule has 2 saturated heterocycles. The lowest BCUT2D eigenvalue weighted by molar-refractivity contribution is 0.224. The highest BCUT2D eigenvalue weighted by Gasteiger charge is 2.31. The van der Waals surface area contributed by atoms with Gasteiger partial charge in [0.05, 0.1) is 0 Å². The molecule has 0 N–H and O–H groups in total. The summed E-state index contributed by atoms with van der Waals surface area (Å²) in [6.45, 7) is 13.7. The van der Waals surface area contributed by atoms with Crippen LogP contribution in [0, 0.1) is 11.3 Å². The molecule has 2 heterocycles. The van der Waals surface area contributed by atoms with Gasteiger partial charge in [0.15, 0.2) is 0 Å². The number of rotatable bonds is 5. The second-order valence-electron chi connectivity index (χ2n) is 11.1. The van der Waals surface area contributed by atoms with Crippen molar-refractivity contribution < 1.29 is 0 Å². The van der Waals surface area contributed by atoms with Crippen LogP contribution < -0.4 is 9.80 Å². The molecule has 1 aromatic carbocycles. The van der Waals surface area contributed by atoms with Crippen molar-refractivity contribution in [3.05, 3.63) is 23.8 Å². The van der Waals surface area contributed by atoms with Crippen molar-refractivity contribution in [1.82, 2.24) is 4.90 Å². The number of hydrogen-bond acceptors (Lipinski definition) is 3. The molecule has 0 atom stereocenters. The third kappa shape index (κ3) is 4.60. The van der Waals surface area contributed by atoms with Gasteiger partial charge in [0.1, 0.15) is 0 Å². The lowest BCUT2D eigenvalue weighted by Crippen LogP contribution is -2.47. The van der Waals surface area contributed by atoms with E-state index in [0.717, 1.165) is 11.8 Å². The predicted molar refractivity (Wildman–Crippen MR) is 124 cm³/mol. The standard InChI is InChI=1S/C26H41N3/c1-26(2)11-9-22(10-12-26)24-19-23(28-13-3-4-14-28)7-8-25(24)29-17-15-27(16-18-29)20-21-5-6-21/h7-8,19,21-22H,3-6,9-18,20H2,1-2H3. The quantitative estimate of drug-likeness (QED) is 0.651. The van der Waals surface area contributed by atoms with E-state index in [1.165, 1.54) is 103 Å². The first-order valence-corrected chi connectivity index (χ1v) is 12.4. The molecule has 2 saturated carbocycles. The third-order valence-electron chi connectivity index (χ3n) is 8.19. The minimum Gasteiger partial charge on any atom is -0.372 e. The number of piperazine rings is 1. The number of anilines is 2. The van der Waals surface area contributed by atoms with Crippen molar-refractivity contribution in [2.75, 3.05) is 55.6 Å². The topological polar surface area (TPSA) is 9.72 Å². The van der Waals surface area contributed by atoms with Gasteiger partial charge < -0.3 is 9.80 Å². The molecule has 160 valence electrons. The lowest BCUT2D eigenvalue weighted by atomic mass is 9.71. The van der Waals surface area contributed by atoms with Gasteiger partial charge >= 0.3 is 0 Å². The van der Waals surface area contributed by atoms with E-state index in [4.69, 9.17) is 0 Å². The summed E-state index contributed by atoms with van der Waals surface area (Å²) < 4.78 is 0. The van der Waals surface area contributed by atoms with Crippen LogP contribution in [0.3, 0.4) is 0 Å².